The third-order valence-electron chi connectivity index (χ3n) is 4.41. The van der Waals surface area contributed by atoms with Crippen molar-refractivity contribution in [2.24, 2.45) is 0 Å². The van der Waals surface area contributed by atoms with Crippen molar-refractivity contribution < 1.29 is 4.79 Å². The number of aryl methyl sites for hydroxylation is 1. The van der Waals surface area contributed by atoms with Gasteiger partial charge in [0.25, 0.3) is 11.5 Å². The Morgan fingerprint density at radius 2 is 2.18 bits per heavy atom. The van der Waals surface area contributed by atoms with Crippen LogP contribution < -0.4 is 10.9 Å². The fraction of sp³-hybridized carbons (Fsp3) is 0.471. The Balaban J connectivity index is 2.02. The highest BCUT2D eigenvalue weighted by molar-refractivity contribution is 5.98. The van der Waals surface area contributed by atoms with Crippen LogP contribution in [0, 0.1) is 0 Å². The summed E-state index contributed by atoms with van der Waals surface area (Å²) in [4.78, 5) is 29.3. The standard InChI is InChI=1S/C17H21N3O2/c1-4-17(2,3)19-15(21)11-7-8-12-13(10-11)18-14-6-5-9-20(14)16(12)22/h7-8,10H,4-6,9H2,1-3H3,(H,19,21). The molecule has 0 spiro atoms. The SMILES string of the molecule is CCC(C)(C)NC(=O)c1ccc2c(=O)n3c(nc2c1)CCC3. The van der Waals surface area contributed by atoms with Gasteiger partial charge < -0.3 is 5.32 Å². The number of rotatable bonds is 3. The first-order chi connectivity index (χ1) is 10.4. The van der Waals surface area contributed by atoms with Gasteiger partial charge in [-0.2, -0.15) is 0 Å². The van der Waals surface area contributed by atoms with Crippen molar-refractivity contribution in [3.63, 3.8) is 0 Å². The Bertz CT molecular complexity index is 805. The molecule has 1 amide bonds. The Kier molecular flexibility index (Phi) is 3.51. The van der Waals surface area contributed by atoms with E-state index >= 15 is 0 Å². The van der Waals surface area contributed by atoms with Crippen molar-refractivity contribution in [2.75, 3.05) is 0 Å². The predicted molar refractivity (Wildman–Crippen MR) is 86.2 cm³/mol. The summed E-state index contributed by atoms with van der Waals surface area (Å²) >= 11 is 0. The summed E-state index contributed by atoms with van der Waals surface area (Å²) in [6.07, 6.45) is 2.63. The van der Waals surface area contributed by atoms with Crippen molar-refractivity contribution in [3.05, 3.63) is 39.9 Å². The van der Waals surface area contributed by atoms with Crippen LogP contribution in [-0.2, 0) is 13.0 Å². The number of carbonyl (C=O) groups is 1. The van der Waals surface area contributed by atoms with Gasteiger partial charge in [0.15, 0.2) is 0 Å². The van der Waals surface area contributed by atoms with Gasteiger partial charge in [0, 0.05) is 24.1 Å². The number of aromatic nitrogens is 2. The molecular formula is C17H21N3O2. The number of carbonyl (C=O) groups excluding carboxylic acids is 1. The zero-order valence-electron chi connectivity index (χ0n) is 13.3. The minimum absolute atomic E-state index is 0.00153. The normalized spacial score (nSPS) is 14.1. The first kappa shape index (κ1) is 14.8. The molecule has 0 radical (unpaired) electrons. The molecule has 116 valence electrons. The van der Waals surface area contributed by atoms with Crippen molar-refractivity contribution in [2.45, 2.75) is 52.1 Å². The second-order valence-corrected chi connectivity index (χ2v) is 6.51. The van der Waals surface area contributed by atoms with Crippen molar-refractivity contribution in [1.82, 2.24) is 14.9 Å². The molecule has 3 rings (SSSR count). The van der Waals surface area contributed by atoms with Crippen LogP contribution in [0.3, 0.4) is 0 Å². The van der Waals surface area contributed by atoms with E-state index in [0.29, 0.717) is 16.5 Å². The molecule has 0 aliphatic carbocycles. The minimum atomic E-state index is -0.253. The van der Waals surface area contributed by atoms with Crippen LogP contribution in [0.5, 0.6) is 0 Å². The minimum Gasteiger partial charge on any atom is -0.347 e. The first-order valence-corrected chi connectivity index (χ1v) is 7.77. The summed E-state index contributed by atoms with van der Waals surface area (Å²) in [6.45, 7) is 6.75. The molecule has 22 heavy (non-hydrogen) atoms. The number of amides is 1. The van der Waals surface area contributed by atoms with Gasteiger partial charge in [0.1, 0.15) is 5.82 Å². The van der Waals surface area contributed by atoms with E-state index in [-0.39, 0.29) is 17.0 Å². The average molecular weight is 299 g/mol. The quantitative estimate of drug-likeness (QED) is 0.945. The number of fused-ring (bicyclic) bond motifs is 2. The van der Waals surface area contributed by atoms with E-state index in [2.05, 4.69) is 10.3 Å². The second-order valence-electron chi connectivity index (χ2n) is 6.51. The third kappa shape index (κ3) is 2.51. The van der Waals surface area contributed by atoms with E-state index in [9.17, 15) is 9.59 Å². The van der Waals surface area contributed by atoms with Gasteiger partial charge in [0.2, 0.25) is 0 Å². The third-order valence-corrected chi connectivity index (χ3v) is 4.41. The maximum atomic E-state index is 12.4. The summed E-state index contributed by atoms with van der Waals surface area (Å²) in [6, 6.07) is 5.13. The molecule has 1 N–H and O–H groups in total. The highest BCUT2D eigenvalue weighted by Gasteiger charge is 2.20. The highest BCUT2D eigenvalue weighted by Crippen LogP contribution is 2.17. The van der Waals surface area contributed by atoms with E-state index in [0.717, 1.165) is 31.6 Å². The number of benzene rings is 1. The predicted octanol–water partition coefficient (Wildman–Crippen LogP) is 2.26. The van der Waals surface area contributed by atoms with Crippen molar-refractivity contribution in [3.8, 4) is 0 Å². The fourth-order valence-corrected chi connectivity index (χ4v) is 2.69. The van der Waals surface area contributed by atoms with E-state index in [1.807, 2.05) is 20.8 Å². The van der Waals surface area contributed by atoms with Gasteiger partial charge >= 0.3 is 0 Å². The Morgan fingerprint density at radius 3 is 2.91 bits per heavy atom. The van der Waals surface area contributed by atoms with Gasteiger partial charge in [-0.3, -0.25) is 14.2 Å². The Labute approximate surface area is 129 Å². The van der Waals surface area contributed by atoms with Crippen LogP contribution >= 0.6 is 0 Å². The van der Waals surface area contributed by atoms with Gasteiger partial charge in [-0.25, -0.2) is 4.98 Å². The molecule has 5 heteroatoms. The van der Waals surface area contributed by atoms with E-state index in [4.69, 9.17) is 0 Å². The maximum Gasteiger partial charge on any atom is 0.261 e. The van der Waals surface area contributed by atoms with Crippen molar-refractivity contribution in [1.29, 1.82) is 0 Å². The lowest BCUT2D eigenvalue weighted by Gasteiger charge is -2.24. The van der Waals surface area contributed by atoms with Gasteiger partial charge in [-0.05, 0) is 44.9 Å². The molecule has 0 atom stereocenters. The molecular weight excluding hydrogens is 278 g/mol. The van der Waals surface area contributed by atoms with E-state index in [1.54, 1.807) is 22.8 Å². The molecule has 0 unspecified atom stereocenters. The molecule has 1 aromatic heterocycles. The van der Waals surface area contributed by atoms with Crippen LogP contribution in [-0.4, -0.2) is 21.0 Å². The van der Waals surface area contributed by atoms with Crippen molar-refractivity contribution >= 4 is 16.8 Å². The molecule has 1 aliphatic rings. The summed E-state index contributed by atoms with van der Waals surface area (Å²) in [7, 11) is 0. The molecule has 2 aromatic rings. The molecule has 1 aromatic carbocycles. The van der Waals surface area contributed by atoms with Crippen LogP contribution in [0.2, 0.25) is 0 Å². The molecule has 0 saturated carbocycles. The van der Waals surface area contributed by atoms with Gasteiger partial charge in [-0.15, -0.1) is 0 Å². The monoisotopic (exact) mass is 299 g/mol. The number of hydrogen-bond acceptors (Lipinski definition) is 3. The topological polar surface area (TPSA) is 64.0 Å². The molecule has 5 nitrogen and oxygen atoms in total. The number of hydrogen-bond donors (Lipinski definition) is 1. The van der Waals surface area contributed by atoms with Crippen LogP contribution in [0.1, 0.15) is 49.8 Å². The van der Waals surface area contributed by atoms with E-state index in [1.165, 1.54) is 0 Å². The van der Waals surface area contributed by atoms with E-state index < -0.39 is 0 Å². The summed E-state index contributed by atoms with van der Waals surface area (Å²) < 4.78 is 1.74. The molecule has 0 saturated heterocycles. The molecule has 2 heterocycles. The Morgan fingerprint density at radius 1 is 1.41 bits per heavy atom. The lowest BCUT2D eigenvalue weighted by Crippen LogP contribution is -2.42. The maximum absolute atomic E-state index is 12.4. The number of nitrogens with one attached hydrogen (secondary N) is 1. The smallest absolute Gasteiger partial charge is 0.261 e. The van der Waals surface area contributed by atoms with Gasteiger partial charge in [-0.1, -0.05) is 6.92 Å². The second kappa shape index (κ2) is 5.23. The molecule has 0 bridgehead atoms. The first-order valence-electron chi connectivity index (χ1n) is 7.77. The van der Waals surface area contributed by atoms with Crippen LogP contribution in [0.15, 0.2) is 23.0 Å². The van der Waals surface area contributed by atoms with Crippen LogP contribution in [0.25, 0.3) is 10.9 Å². The largest absolute Gasteiger partial charge is 0.347 e. The summed E-state index contributed by atoms with van der Waals surface area (Å²) in [5.74, 6) is 0.695. The lowest BCUT2D eigenvalue weighted by atomic mass is 10.0. The molecule has 0 fully saturated rings. The number of nitrogens with zero attached hydrogens (tertiary/aromatic N) is 2. The Hall–Kier alpha value is -2.17. The highest BCUT2D eigenvalue weighted by atomic mass is 16.2. The summed E-state index contributed by atoms with van der Waals surface area (Å²) in [5, 5.41) is 3.58. The fourth-order valence-electron chi connectivity index (χ4n) is 2.69. The molecule has 1 aliphatic heterocycles. The summed E-state index contributed by atoms with van der Waals surface area (Å²) in [5.41, 5.74) is 0.902. The van der Waals surface area contributed by atoms with Crippen LogP contribution in [0.4, 0.5) is 0 Å². The zero-order chi connectivity index (χ0) is 15.9. The zero-order valence-corrected chi connectivity index (χ0v) is 13.3. The van der Waals surface area contributed by atoms with Gasteiger partial charge in [0.05, 0.1) is 10.9 Å². The average Bonchev–Trinajstić information content (AvgIpc) is 2.95. The lowest BCUT2D eigenvalue weighted by molar-refractivity contribution is 0.0911.